The number of carbonyl (C=O) groups is 1. The zero-order valence-corrected chi connectivity index (χ0v) is 11.4. The third-order valence-corrected chi connectivity index (χ3v) is 2.97. The third-order valence-electron chi connectivity index (χ3n) is 2.97. The molecule has 0 radical (unpaired) electrons. The van der Waals surface area contributed by atoms with Gasteiger partial charge in [0.1, 0.15) is 5.56 Å². The largest absolute Gasteiger partial charge is 0.478 e. The van der Waals surface area contributed by atoms with E-state index in [0.717, 1.165) is 24.6 Å². The van der Waals surface area contributed by atoms with E-state index in [0.29, 0.717) is 6.54 Å². The average molecular weight is 253 g/mol. The lowest BCUT2D eigenvalue weighted by atomic mass is 10.1. The van der Waals surface area contributed by atoms with E-state index in [1.165, 1.54) is 19.0 Å². The van der Waals surface area contributed by atoms with Crippen LogP contribution in [0.15, 0.2) is 6.20 Å². The van der Waals surface area contributed by atoms with Crippen LogP contribution in [0.2, 0.25) is 0 Å². The average Bonchev–Trinajstić information content (AvgIpc) is 2.65. The number of aryl methyl sites for hydroxylation is 1. The Morgan fingerprint density at radius 3 is 2.83 bits per heavy atom. The first-order valence-electron chi connectivity index (χ1n) is 6.47. The Morgan fingerprint density at radius 1 is 1.50 bits per heavy atom. The number of rotatable bonds is 8. The maximum atomic E-state index is 11.0. The molecule has 0 fully saturated rings. The van der Waals surface area contributed by atoms with Crippen LogP contribution in [0.3, 0.4) is 0 Å². The smallest absolute Gasteiger partial charge is 0.339 e. The Bertz CT molecular complexity index is 386. The Kier molecular flexibility index (Phi) is 5.85. The molecule has 0 aliphatic heterocycles. The Morgan fingerprint density at radius 2 is 2.22 bits per heavy atom. The molecule has 1 rings (SSSR count). The lowest BCUT2D eigenvalue weighted by Gasteiger charge is -2.07. The molecule has 5 heteroatoms. The molecular formula is C13H23N3O2. The number of carboxylic acid groups (broad SMARTS) is 1. The first-order chi connectivity index (χ1) is 8.52. The van der Waals surface area contributed by atoms with Crippen molar-refractivity contribution in [3.63, 3.8) is 0 Å². The highest BCUT2D eigenvalue weighted by Crippen LogP contribution is 2.08. The van der Waals surface area contributed by atoms with Crippen LogP contribution in [0, 0.1) is 5.92 Å². The molecule has 102 valence electrons. The summed E-state index contributed by atoms with van der Waals surface area (Å²) in [6.45, 7) is 5.92. The number of aromatic nitrogens is 2. The quantitative estimate of drug-likeness (QED) is 0.696. The van der Waals surface area contributed by atoms with Crippen molar-refractivity contribution in [3.05, 3.63) is 17.5 Å². The van der Waals surface area contributed by atoms with Crippen molar-refractivity contribution in [3.8, 4) is 0 Å². The van der Waals surface area contributed by atoms with Gasteiger partial charge in [-0.2, -0.15) is 5.10 Å². The SMILES string of the molecule is CC(C)CCCCNCc1c(C(=O)O)cnn1C. The lowest BCUT2D eigenvalue weighted by molar-refractivity contribution is 0.0695. The molecule has 0 amide bonds. The van der Waals surface area contributed by atoms with Crippen LogP contribution in [-0.4, -0.2) is 27.4 Å². The third kappa shape index (κ3) is 4.49. The van der Waals surface area contributed by atoms with Gasteiger partial charge in [0.05, 0.1) is 11.9 Å². The normalized spacial score (nSPS) is 11.1. The zero-order valence-electron chi connectivity index (χ0n) is 11.4. The summed E-state index contributed by atoms with van der Waals surface area (Å²) in [5, 5.41) is 16.2. The van der Waals surface area contributed by atoms with E-state index < -0.39 is 5.97 Å². The minimum atomic E-state index is -0.917. The van der Waals surface area contributed by atoms with Crippen LogP contribution in [0.25, 0.3) is 0 Å². The standard InChI is InChI=1S/C13H23N3O2/c1-10(2)6-4-5-7-14-9-12-11(13(17)18)8-15-16(12)3/h8,10,14H,4-7,9H2,1-3H3,(H,17,18). The van der Waals surface area contributed by atoms with E-state index in [2.05, 4.69) is 24.3 Å². The molecule has 1 heterocycles. The maximum absolute atomic E-state index is 11.0. The summed E-state index contributed by atoms with van der Waals surface area (Å²) < 4.78 is 1.62. The van der Waals surface area contributed by atoms with Gasteiger partial charge in [-0.1, -0.05) is 26.7 Å². The number of unbranched alkanes of at least 4 members (excludes halogenated alkanes) is 1. The minimum Gasteiger partial charge on any atom is -0.478 e. The Hall–Kier alpha value is -1.36. The molecule has 0 saturated heterocycles. The van der Waals surface area contributed by atoms with Gasteiger partial charge in [-0.25, -0.2) is 4.79 Å². The highest BCUT2D eigenvalue weighted by Gasteiger charge is 2.13. The predicted molar refractivity (Wildman–Crippen MR) is 70.6 cm³/mol. The molecule has 0 aliphatic carbocycles. The summed E-state index contributed by atoms with van der Waals surface area (Å²) >= 11 is 0. The monoisotopic (exact) mass is 253 g/mol. The first-order valence-corrected chi connectivity index (χ1v) is 6.47. The molecule has 5 nitrogen and oxygen atoms in total. The number of nitrogens with one attached hydrogen (secondary N) is 1. The van der Waals surface area contributed by atoms with Gasteiger partial charge in [0.25, 0.3) is 0 Å². The second-order valence-corrected chi connectivity index (χ2v) is 5.00. The van der Waals surface area contributed by atoms with Crippen molar-refractivity contribution in [2.24, 2.45) is 13.0 Å². The van der Waals surface area contributed by atoms with E-state index >= 15 is 0 Å². The number of aromatic carboxylic acids is 1. The van der Waals surface area contributed by atoms with Crippen molar-refractivity contribution in [2.75, 3.05) is 6.54 Å². The minimum absolute atomic E-state index is 0.284. The Labute approximate surface area is 108 Å². The lowest BCUT2D eigenvalue weighted by Crippen LogP contribution is -2.19. The van der Waals surface area contributed by atoms with E-state index in [1.54, 1.807) is 11.7 Å². The van der Waals surface area contributed by atoms with E-state index in [4.69, 9.17) is 5.11 Å². The molecule has 1 aromatic heterocycles. The topological polar surface area (TPSA) is 67.2 Å². The van der Waals surface area contributed by atoms with Gasteiger partial charge < -0.3 is 10.4 Å². The van der Waals surface area contributed by atoms with Gasteiger partial charge in [-0.3, -0.25) is 4.68 Å². The van der Waals surface area contributed by atoms with Crippen molar-refractivity contribution in [1.82, 2.24) is 15.1 Å². The van der Waals surface area contributed by atoms with E-state index in [-0.39, 0.29) is 5.56 Å². The molecule has 0 bridgehead atoms. The molecule has 0 spiro atoms. The van der Waals surface area contributed by atoms with Crippen LogP contribution in [0.1, 0.15) is 49.2 Å². The van der Waals surface area contributed by atoms with Crippen molar-refractivity contribution in [1.29, 1.82) is 0 Å². The highest BCUT2D eigenvalue weighted by atomic mass is 16.4. The van der Waals surface area contributed by atoms with Crippen LogP contribution in [0.4, 0.5) is 0 Å². The second-order valence-electron chi connectivity index (χ2n) is 5.00. The molecule has 0 unspecified atom stereocenters. The van der Waals surface area contributed by atoms with Crippen LogP contribution >= 0.6 is 0 Å². The van der Waals surface area contributed by atoms with Gasteiger partial charge in [0.15, 0.2) is 0 Å². The molecule has 0 aliphatic rings. The van der Waals surface area contributed by atoms with Gasteiger partial charge in [-0.05, 0) is 18.9 Å². The van der Waals surface area contributed by atoms with Crippen LogP contribution < -0.4 is 5.32 Å². The second kappa shape index (κ2) is 7.16. The highest BCUT2D eigenvalue weighted by molar-refractivity contribution is 5.88. The summed E-state index contributed by atoms with van der Waals surface area (Å²) in [4.78, 5) is 11.0. The summed E-state index contributed by atoms with van der Waals surface area (Å²) in [5.41, 5.74) is 1.01. The van der Waals surface area contributed by atoms with Crippen molar-refractivity contribution in [2.45, 2.75) is 39.7 Å². The van der Waals surface area contributed by atoms with Gasteiger partial charge in [0.2, 0.25) is 0 Å². The molecule has 0 aromatic carbocycles. The van der Waals surface area contributed by atoms with Crippen LogP contribution in [-0.2, 0) is 13.6 Å². The number of hydrogen-bond donors (Lipinski definition) is 2. The fourth-order valence-corrected chi connectivity index (χ4v) is 1.86. The predicted octanol–water partition coefficient (Wildman–Crippen LogP) is 2.03. The van der Waals surface area contributed by atoms with E-state index in [1.807, 2.05) is 0 Å². The first kappa shape index (κ1) is 14.7. The molecule has 2 N–H and O–H groups in total. The number of hydrogen-bond acceptors (Lipinski definition) is 3. The van der Waals surface area contributed by atoms with Gasteiger partial charge in [0, 0.05) is 13.6 Å². The van der Waals surface area contributed by atoms with E-state index in [9.17, 15) is 4.79 Å². The number of carboxylic acids is 1. The molecular weight excluding hydrogens is 230 g/mol. The van der Waals surface area contributed by atoms with Gasteiger partial charge in [-0.15, -0.1) is 0 Å². The van der Waals surface area contributed by atoms with Crippen LogP contribution in [0.5, 0.6) is 0 Å². The van der Waals surface area contributed by atoms with Crippen molar-refractivity contribution >= 4 is 5.97 Å². The molecule has 0 saturated carbocycles. The summed E-state index contributed by atoms with van der Waals surface area (Å²) in [5.74, 6) is -0.166. The summed E-state index contributed by atoms with van der Waals surface area (Å²) in [6.07, 6.45) is 4.98. The molecule has 18 heavy (non-hydrogen) atoms. The maximum Gasteiger partial charge on any atom is 0.339 e. The molecule has 0 atom stereocenters. The van der Waals surface area contributed by atoms with Crippen molar-refractivity contribution < 1.29 is 9.90 Å². The molecule has 1 aromatic rings. The summed E-state index contributed by atoms with van der Waals surface area (Å²) in [6, 6.07) is 0. The van der Waals surface area contributed by atoms with Gasteiger partial charge >= 0.3 is 5.97 Å². The fourth-order valence-electron chi connectivity index (χ4n) is 1.86. The Balaban J connectivity index is 2.31. The fraction of sp³-hybridized carbons (Fsp3) is 0.692. The zero-order chi connectivity index (χ0) is 13.5. The number of nitrogens with zero attached hydrogens (tertiary/aromatic N) is 2. The summed E-state index contributed by atoms with van der Waals surface area (Å²) in [7, 11) is 1.77.